The van der Waals surface area contributed by atoms with Crippen LogP contribution in [0.25, 0.3) is 0 Å². The number of nitrogens with one attached hydrogen (secondary N) is 2. The molecule has 2 N–H and O–H groups in total. The van der Waals surface area contributed by atoms with E-state index in [9.17, 15) is 4.79 Å². The normalized spacial score (nSPS) is 10.3. The maximum absolute atomic E-state index is 12.5. The van der Waals surface area contributed by atoms with Crippen LogP contribution in [0.2, 0.25) is 5.02 Å². The monoisotopic (exact) mass is 479 g/mol. The second-order valence-corrected chi connectivity index (χ2v) is 6.67. The number of benzene rings is 1. The molecule has 110 valence electrons. The molecule has 0 fully saturated rings. The van der Waals surface area contributed by atoms with E-state index in [0.29, 0.717) is 28.6 Å². The first-order valence-electron chi connectivity index (χ1n) is 6.17. The third-order valence-corrected chi connectivity index (χ3v) is 4.18. The van der Waals surface area contributed by atoms with Gasteiger partial charge in [-0.1, -0.05) is 11.6 Å². The Balaban J connectivity index is 2.29. The first-order valence-corrected chi connectivity index (χ1v) is 8.42. The van der Waals surface area contributed by atoms with E-state index < -0.39 is 0 Å². The van der Waals surface area contributed by atoms with Gasteiger partial charge in [-0.2, -0.15) is 0 Å². The molecule has 0 atom stereocenters. The molecule has 7 heteroatoms. The lowest BCUT2D eigenvalue weighted by atomic mass is 10.2. The van der Waals surface area contributed by atoms with Gasteiger partial charge >= 0.3 is 0 Å². The number of hydrogen-bond donors (Lipinski definition) is 2. The maximum atomic E-state index is 12.5. The maximum Gasteiger partial charge on any atom is 0.259 e. The van der Waals surface area contributed by atoms with Crippen LogP contribution >= 0.6 is 50.1 Å². The summed E-state index contributed by atoms with van der Waals surface area (Å²) in [7, 11) is 0. The summed E-state index contributed by atoms with van der Waals surface area (Å²) in [6.45, 7) is 2.64. The molecule has 21 heavy (non-hydrogen) atoms. The predicted octanol–water partition coefficient (Wildman–Crippen LogP) is 4.79. The van der Waals surface area contributed by atoms with Gasteiger partial charge in [0.05, 0.1) is 11.3 Å². The van der Waals surface area contributed by atoms with Gasteiger partial charge in [-0.25, -0.2) is 4.98 Å². The smallest absolute Gasteiger partial charge is 0.259 e. The van der Waals surface area contributed by atoms with Crippen molar-refractivity contribution in [2.45, 2.75) is 6.92 Å². The number of amides is 1. The molecule has 2 rings (SSSR count). The molecule has 0 bridgehead atoms. The van der Waals surface area contributed by atoms with E-state index in [1.807, 2.05) is 6.92 Å². The highest BCUT2D eigenvalue weighted by Crippen LogP contribution is 2.24. The molecule has 0 aliphatic carbocycles. The van der Waals surface area contributed by atoms with Crippen LogP contribution in [0.5, 0.6) is 0 Å². The topological polar surface area (TPSA) is 54.0 Å². The van der Waals surface area contributed by atoms with E-state index in [1.54, 1.807) is 30.5 Å². The first kappa shape index (κ1) is 16.5. The number of aromatic nitrogens is 1. The minimum absolute atomic E-state index is 0.222. The zero-order valence-corrected chi connectivity index (χ0v) is 15.6. The Morgan fingerprint density at radius 1 is 1.43 bits per heavy atom. The van der Waals surface area contributed by atoms with Crippen LogP contribution in [0.15, 0.2) is 34.9 Å². The molecule has 0 aliphatic rings. The summed E-state index contributed by atoms with van der Waals surface area (Å²) < 4.78 is 1.63. The summed E-state index contributed by atoms with van der Waals surface area (Å²) in [4.78, 5) is 16.7. The molecule has 0 aliphatic heterocycles. The quantitative estimate of drug-likeness (QED) is 0.619. The Bertz CT molecular complexity index is 681. The number of carbonyl (C=O) groups excluding carboxylic acids is 1. The fourth-order valence-electron chi connectivity index (χ4n) is 1.70. The Labute approximate surface area is 149 Å². The Morgan fingerprint density at radius 2 is 2.19 bits per heavy atom. The van der Waals surface area contributed by atoms with Crippen LogP contribution in [0, 0.1) is 3.57 Å². The highest BCUT2D eigenvalue weighted by atomic mass is 127. The van der Waals surface area contributed by atoms with Crippen molar-refractivity contribution in [1.82, 2.24) is 4.98 Å². The standard InChI is InChI=1S/C14H12BrClIN3O/c1-2-18-13-10(5-8(15)7-19-13)14(21)20-12-4-3-9(16)6-11(12)17/h3-7H,2H2,1H3,(H,18,19)(H,20,21). The number of pyridine rings is 1. The SMILES string of the molecule is CCNc1ncc(Br)cc1C(=O)Nc1ccc(Cl)cc1I. The van der Waals surface area contributed by atoms with Crippen LogP contribution in [-0.4, -0.2) is 17.4 Å². The van der Waals surface area contributed by atoms with Gasteiger partial charge in [0.1, 0.15) is 5.82 Å². The fraction of sp³-hybridized carbons (Fsp3) is 0.143. The predicted molar refractivity (Wildman–Crippen MR) is 98.2 cm³/mol. The van der Waals surface area contributed by atoms with Crippen molar-refractivity contribution in [1.29, 1.82) is 0 Å². The van der Waals surface area contributed by atoms with E-state index in [2.05, 4.69) is 54.1 Å². The summed E-state index contributed by atoms with van der Waals surface area (Å²) in [6, 6.07) is 7.05. The van der Waals surface area contributed by atoms with Crippen molar-refractivity contribution >= 4 is 67.5 Å². The van der Waals surface area contributed by atoms with Crippen LogP contribution in [-0.2, 0) is 0 Å². The Morgan fingerprint density at radius 3 is 2.86 bits per heavy atom. The van der Waals surface area contributed by atoms with Gasteiger partial charge in [-0.05, 0) is 69.7 Å². The number of halogens is 3. The van der Waals surface area contributed by atoms with E-state index >= 15 is 0 Å². The van der Waals surface area contributed by atoms with E-state index in [4.69, 9.17) is 11.6 Å². The number of hydrogen-bond acceptors (Lipinski definition) is 3. The van der Waals surface area contributed by atoms with Crippen LogP contribution in [0.4, 0.5) is 11.5 Å². The number of rotatable bonds is 4. The lowest BCUT2D eigenvalue weighted by Gasteiger charge is -2.12. The molecule has 1 aromatic heterocycles. The Hall–Kier alpha value is -0.860. The molecule has 0 unspecified atom stereocenters. The second kappa shape index (κ2) is 7.42. The summed E-state index contributed by atoms with van der Waals surface area (Å²) in [5, 5.41) is 6.59. The van der Waals surface area contributed by atoms with Gasteiger partial charge in [0.2, 0.25) is 0 Å². The van der Waals surface area contributed by atoms with Crippen molar-refractivity contribution in [3.8, 4) is 0 Å². The van der Waals surface area contributed by atoms with Gasteiger partial charge in [0.25, 0.3) is 5.91 Å². The third kappa shape index (κ3) is 4.31. The number of carbonyl (C=O) groups is 1. The van der Waals surface area contributed by atoms with E-state index in [0.717, 1.165) is 8.04 Å². The highest BCUT2D eigenvalue weighted by molar-refractivity contribution is 14.1. The molecule has 4 nitrogen and oxygen atoms in total. The molecule has 0 saturated heterocycles. The molecule has 0 radical (unpaired) electrons. The van der Waals surface area contributed by atoms with Gasteiger partial charge in [0, 0.05) is 25.8 Å². The average molecular weight is 481 g/mol. The minimum atomic E-state index is -0.222. The van der Waals surface area contributed by atoms with Gasteiger partial charge in [-0.15, -0.1) is 0 Å². The third-order valence-electron chi connectivity index (χ3n) is 2.62. The lowest BCUT2D eigenvalue weighted by Crippen LogP contribution is -2.16. The largest absolute Gasteiger partial charge is 0.370 e. The van der Waals surface area contributed by atoms with Crippen molar-refractivity contribution in [2.75, 3.05) is 17.2 Å². The minimum Gasteiger partial charge on any atom is -0.370 e. The molecular weight excluding hydrogens is 468 g/mol. The summed E-state index contributed by atoms with van der Waals surface area (Å²) in [6.07, 6.45) is 1.65. The van der Waals surface area contributed by atoms with Crippen LogP contribution < -0.4 is 10.6 Å². The molecule has 1 amide bonds. The van der Waals surface area contributed by atoms with E-state index in [1.165, 1.54) is 0 Å². The van der Waals surface area contributed by atoms with Gasteiger partial charge in [0.15, 0.2) is 0 Å². The lowest BCUT2D eigenvalue weighted by molar-refractivity contribution is 0.102. The fourth-order valence-corrected chi connectivity index (χ4v) is 3.04. The number of nitrogens with zero attached hydrogens (tertiary/aromatic N) is 1. The van der Waals surface area contributed by atoms with Crippen LogP contribution in [0.1, 0.15) is 17.3 Å². The van der Waals surface area contributed by atoms with Crippen molar-refractivity contribution < 1.29 is 4.79 Å². The second-order valence-electron chi connectivity index (χ2n) is 4.16. The summed E-state index contributed by atoms with van der Waals surface area (Å²) in [5.74, 6) is 0.335. The molecule has 0 spiro atoms. The zero-order chi connectivity index (χ0) is 15.4. The zero-order valence-electron chi connectivity index (χ0n) is 11.1. The molecule has 2 aromatic rings. The first-order chi connectivity index (χ1) is 10.0. The van der Waals surface area contributed by atoms with Crippen molar-refractivity contribution in [2.24, 2.45) is 0 Å². The Kier molecular flexibility index (Phi) is 5.83. The molecular formula is C14H12BrClIN3O. The van der Waals surface area contributed by atoms with Gasteiger partial charge in [-0.3, -0.25) is 4.79 Å². The summed E-state index contributed by atoms with van der Waals surface area (Å²) >= 11 is 11.4. The van der Waals surface area contributed by atoms with Crippen molar-refractivity contribution in [3.05, 3.63) is 49.1 Å². The molecule has 0 saturated carbocycles. The average Bonchev–Trinajstić information content (AvgIpc) is 2.44. The van der Waals surface area contributed by atoms with Crippen LogP contribution in [0.3, 0.4) is 0 Å². The summed E-state index contributed by atoms with van der Waals surface area (Å²) in [5.41, 5.74) is 1.20. The molecule has 1 heterocycles. The molecule has 1 aromatic carbocycles. The van der Waals surface area contributed by atoms with Gasteiger partial charge < -0.3 is 10.6 Å². The highest BCUT2D eigenvalue weighted by Gasteiger charge is 2.14. The number of anilines is 2. The van der Waals surface area contributed by atoms with Crippen molar-refractivity contribution in [3.63, 3.8) is 0 Å². The van der Waals surface area contributed by atoms with E-state index in [-0.39, 0.29) is 5.91 Å².